The average Bonchev–Trinajstić information content (AvgIpc) is 3.23. The lowest BCUT2D eigenvalue weighted by atomic mass is 10.1. The smallest absolute Gasteiger partial charge is 0.223 e. The quantitative estimate of drug-likeness (QED) is 0.718. The van der Waals surface area contributed by atoms with Crippen LogP contribution in [-0.2, 0) is 11.3 Å². The summed E-state index contributed by atoms with van der Waals surface area (Å²) in [6.07, 6.45) is 2.41. The second kappa shape index (κ2) is 7.04. The van der Waals surface area contributed by atoms with Gasteiger partial charge in [-0.2, -0.15) is 0 Å². The van der Waals surface area contributed by atoms with Crippen LogP contribution in [0.2, 0.25) is 0 Å². The van der Waals surface area contributed by atoms with E-state index >= 15 is 0 Å². The standard InChI is InChI=1S/C18H18FNO2S/c19-14-4-1-3-13(11-14)12-20(15-6-7-15)18(22)9-8-16(21)17-5-2-10-23-17/h1-5,10-11,15H,6-9,12H2. The van der Waals surface area contributed by atoms with E-state index in [2.05, 4.69) is 0 Å². The molecule has 120 valence electrons. The second-order valence-corrected chi connectivity index (χ2v) is 6.73. The van der Waals surface area contributed by atoms with Crippen LogP contribution in [0.25, 0.3) is 0 Å². The number of carbonyl (C=O) groups is 2. The summed E-state index contributed by atoms with van der Waals surface area (Å²) in [5, 5.41) is 1.86. The lowest BCUT2D eigenvalue weighted by Gasteiger charge is -2.22. The number of hydrogen-bond acceptors (Lipinski definition) is 3. The second-order valence-electron chi connectivity index (χ2n) is 5.78. The zero-order valence-corrected chi connectivity index (χ0v) is 13.5. The Hall–Kier alpha value is -2.01. The minimum atomic E-state index is -0.293. The highest BCUT2D eigenvalue weighted by molar-refractivity contribution is 7.12. The largest absolute Gasteiger partial charge is 0.335 e. The first-order chi connectivity index (χ1) is 11.1. The highest BCUT2D eigenvalue weighted by Gasteiger charge is 2.32. The van der Waals surface area contributed by atoms with Crippen molar-refractivity contribution in [2.75, 3.05) is 0 Å². The van der Waals surface area contributed by atoms with Gasteiger partial charge in [0.05, 0.1) is 4.88 Å². The third-order valence-electron chi connectivity index (χ3n) is 3.91. The fourth-order valence-corrected chi connectivity index (χ4v) is 3.26. The minimum Gasteiger partial charge on any atom is -0.335 e. The lowest BCUT2D eigenvalue weighted by Crippen LogP contribution is -2.32. The molecule has 1 saturated carbocycles. The van der Waals surface area contributed by atoms with Crippen LogP contribution in [0.1, 0.15) is 40.9 Å². The first kappa shape index (κ1) is 15.9. The van der Waals surface area contributed by atoms with Gasteiger partial charge in [-0.1, -0.05) is 18.2 Å². The van der Waals surface area contributed by atoms with Crippen LogP contribution in [0.4, 0.5) is 4.39 Å². The molecular formula is C18H18FNO2S. The number of halogens is 1. The highest BCUT2D eigenvalue weighted by Crippen LogP contribution is 2.29. The molecule has 1 aliphatic rings. The van der Waals surface area contributed by atoms with E-state index in [-0.39, 0.29) is 36.4 Å². The summed E-state index contributed by atoms with van der Waals surface area (Å²) in [5.74, 6) is -0.310. The Morgan fingerprint density at radius 2 is 2.00 bits per heavy atom. The normalized spacial score (nSPS) is 13.8. The molecule has 0 atom stereocenters. The lowest BCUT2D eigenvalue weighted by molar-refractivity contribution is -0.132. The van der Waals surface area contributed by atoms with E-state index in [1.54, 1.807) is 17.0 Å². The number of thiophene rings is 1. The minimum absolute atomic E-state index is 0.00912. The molecule has 1 aromatic heterocycles. The first-order valence-electron chi connectivity index (χ1n) is 7.74. The molecule has 0 spiro atoms. The van der Waals surface area contributed by atoms with Crippen LogP contribution < -0.4 is 0 Å². The summed E-state index contributed by atoms with van der Waals surface area (Å²) in [6.45, 7) is 0.411. The van der Waals surface area contributed by atoms with E-state index in [0.29, 0.717) is 11.4 Å². The Morgan fingerprint density at radius 3 is 2.65 bits per heavy atom. The molecule has 5 heteroatoms. The summed E-state index contributed by atoms with van der Waals surface area (Å²) in [5.41, 5.74) is 0.787. The zero-order valence-electron chi connectivity index (χ0n) is 12.7. The molecule has 3 rings (SSSR count). The Labute approximate surface area is 138 Å². The van der Waals surface area contributed by atoms with Crippen molar-refractivity contribution < 1.29 is 14.0 Å². The van der Waals surface area contributed by atoms with Gasteiger partial charge in [-0.25, -0.2) is 4.39 Å². The third kappa shape index (κ3) is 4.26. The first-order valence-corrected chi connectivity index (χ1v) is 8.62. The molecule has 1 heterocycles. The van der Waals surface area contributed by atoms with Crippen molar-refractivity contribution in [1.29, 1.82) is 0 Å². The monoisotopic (exact) mass is 331 g/mol. The van der Waals surface area contributed by atoms with Gasteiger partial charge >= 0.3 is 0 Å². The summed E-state index contributed by atoms with van der Waals surface area (Å²) in [6, 6.07) is 10.2. The van der Waals surface area contributed by atoms with Crippen molar-refractivity contribution in [3.05, 3.63) is 58.0 Å². The molecule has 0 radical (unpaired) electrons. The maximum Gasteiger partial charge on any atom is 0.223 e. The molecule has 1 aromatic carbocycles. The number of amides is 1. The van der Waals surface area contributed by atoms with Gasteiger partial charge in [0.25, 0.3) is 0 Å². The number of ketones is 1. The number of benzene rings is 1. The van der Waals surface area contributed by atoms with E-state index in [4.69, 9.17) is 0 Å². The molecule has 3 nitrogen and oxygen atoms in total. The maximum atomic E-state index is 13.3. The SMILES string of the molecule is O=C(CCC(=O)N(Cc1cccc(F)c1)C1CC1)c1cccs1. The Kier molecular flexibility index (Phi) is 4.86. The molecule has 0 aliphatic heterocycles. The molecule has 2 aromatic rings. The van der Waals surface area contributed by atoms with Gasteiger partial charge in [0.1, 0.15) is 5.82 Å². The number of rotatable bonds is 7. The van der Waals surface area contributed by atoms with Crippen molar-refractivity contribution in [2.45, 2.75) is 38.3 Å². The van der Waals surface area contributed by atoms with Crippen molar-refractivity contribution in [1.82, 2.24) is 4.90 Å². The number of nitrogens with zero attached hydrogens (tertiary/aromatic N) is 1. The number of hydrogen-bond donors (Lipinski definition) is 0. The Bertz CT molecular complexity index is 695. The summed E-state index contributed by atoms with van der Waals surface area (Å²) < 4.78 is 13.3. The summed E-state index contributed by atoms with van der Waals surface area (Å²) in [7, 11) is 0. The van der Waals surface area contributed by atoms with E-state index in [0.717, 1.165) is 18.4 Å². The van der Waals surface area contributed by atoms with Crippen LogP contribution >= 0.6 is 11.3 Å². The highest BCUT2D eigenvalue weighted by atomic mass is 32.1. The summed E-state index contributed by atoms with van der Waals surface area (Å²) in [4.78, 5) is 27.0. The molecule has 0 bridgehead atoms. The molecule has 0 unspecified atom stereocenters. The fraction of sp³-hybridized carbons (Fsp3) is 0.333. The van der Waals surface area contributed by atoms with Gasteiger partial charge < -0.3 is 4.90 Å². The van der Waals surface area contributed by atoms with Crippen molar-refractivity contribution in [3.8, 4) is 0 Å². The van der Waals surface area contributed by atoms with Crippen molar-refractivity contribution >= 4 is 23.0 Å². The van der Waals surface area contributed by atoms with Gasteiger partial charge in [-0.3, -0.25) is 9.59 Å². The van der Waals surface area contributed by atoms with E-state index in [1.807, 2.05) is 17.5 Å². The Balaban J connectivity index is 1.59. The predicted octanol–water partition coefficient (Wildman–Crippen LogP) is 4.04. The van der Waals surface area contributed by atoms with E-state index < -0.39 is 0 Å². The third-order valence-corrected chi connectivity index (χ3v) is 4.82. The van der Waals surface area contributed by atoms with Gasteiger partial charge in [0, 0.05) is 25.4 Å². The van der Waals surface area contributed by atoms with Crippen LogP contribution in [0.3, 0.4) is 0 Å². The fourth-order valence-electron chi connectivity index (χ4n) is 2.56. The number of Topliss-reactive ketones (excluding diaryl/α,β-unsaturated/α-hetero) is 1. The molecule has 0 N–H and O–H groups in total. The Morgan fingerprint density at radius 1 is 1.17 bits per heavy atom. The van der Waals surface area contributed by atoms with Gasteiger partial charge in [0.15, 0.2) is 5.78 Å². The summed E-state index contributed by atoms with van der Waals surface area (Å²) >= 11 is 1.40. The van der Waals surface area contributed by atoms with Crippen LogP contribution in [0.5, 0.6) is 0 Å². The molecule has 1 aliphatic carbocycles. The van der Waals surface area contributed by atoms with Crippen molar-refractivity contribution in [2.24, 2.45) is 0 Å². The predicted molar refractivity (Wildman–Crippen MR) is 87.9 cm³/mol. The molecule has 0 saturated heterocycles. The zero-order chi connectivity index (χ0) is 16.2. The van der Waals surface area contributed by atoms with Crippen LogP contribution in [0, 0.1) is 5.82 Å². The molecule has 23 heavy (non-hydrogen) atoms. The van der Waals surface area contributed by atoms with E-state index in [1.165, 1.54) is 23.5 Å². The van der Waals surface area contributed by atoms with E-state index in [9.17, 15) is 14.0 Å². The maximum absolute atomic E-state index is 13.3. The molecule has 1 fully saturated rings. The van der Waals surface area contributed by atoms with Crippen LogP contribution in [0.15, 0.2) is 41.8 Å². The average molecular weight is 331 g/mol. The van der Waals surface area contributed by atoms with Gasteiger partial charge in [-0.15, -0.1) is 11.3 Å². The van der Waals surface area contributed by atoms with Crippen molar-refractivity contribution in [3.63, 3.8) is 0 Å². The number of carbonyl (C=O) groups excluding carboxylic acids is 2. The topological polar surface area (TPSA) is 37.4 Å². The molecular weight excluding hydrogens is 313 g/mol. The molecule has 1 amide bonds. The van der Waals surface area contributed by atoms with Gasteiger partial charge in [-0.05, 0) is 42.0 Å². The van der Waals surface area contributed by atoms with Gasteiger partial charge in [0.2, 0.25) is 5.91 Å². The van der Waals surface area contributed by atoms with Crippen LogP contribution in [-0.4, -0.2) is 22.6 Å².